The van der Waals surface area contributed by atoms with Gasteiger partial charge in [-0.1, -0.05) is 48.5 Å². The Hall–Kier alpha value is -3.87. The summed E-state index contributed by atoms with van der Waals surface area (Å²) in [6.45, 7) is 0.154. The van der Waals surface area contributed by atoms with Crippen LogP contribution in [0.3, 0.4) is 0 Å². The summed E-state index contributed by atoms with van der Waals surface area (Å²) in [4.78, 5) is 40.9. The van der Waals surface area contributed by atoms with E-state index in [2.05, 4.69) is 10.3 Å². The average Bonchev–Trinajstić information content (AvgIpc) is 3.03. The summed E-state index contributed by atoms with van der Waals surface area (Å²) in [5.41, 5.74) is 1.21. The highest BCUT2D eigenvalue weighted by Gasteiger charge is 2.19. The summed E-state index contributed by atoms with van der Waals surface area (Å²) in [6, 6.07) is 18.3. The molecule has 0 aliphatic heterocycles. The second-order valence-corrected chi connectivity index (χ2v) is 6.50. The summed E-state index contributed by atoms with van der Waals surface area (Å²) in [7, 11) is 1.67. The number of aromatic nitrogens is 3. The fourth-order valence-corrected chi connectivity index (χ4v) is 3.21. The van der Waals surface area contributed by atoms with Crippen LogP contribution < -0.4 is 16.6 Å². The topological polar surface area (TPSA) is 88.9 Å². The summed E-state index contributed by atoms with van der Waals surface area (Å²) >= 11 is 0. The maximum Gasteiger partial charge on any atom is 0.329 e. The van der Waals surface area contributed by atoms with Crippen LogP contribution in [0.1, 0.15) is 15.9 Å². The van der Waals surface area contributed by atoms with E-state index in [9.17, 15) is 14.4 Å². The Morgan fingerprint density at radius 2 is 1.64 bits per heavy atom. The van der Waals surface area contributed by atoms with Crippen molar-refractivity contribution in [2.75, 3.05) is 5.32 Å². The van der Waals surface area contributed by atoms with Crippen molar-refractivity contribution in [1.29, 1.82) is 0 Å². The van der Waals surface area contributed by atoms with Gasteiger partial charge >= 0.3 is 5.69 Å². The molecule has 0 atom stereocenters. The molecule has 0 spiro atoms. The first-order chi connectivity index (χ1) is 13.5. The summed E-state index contributed by atoms with van der Waals surface area (Å²) in [5.74, 6) is -0.396. The molecule has 4 aromatic rings. The van der Waals surface area contributed by atoms with Gasteiger partial charge in [0.25, 0.3) is 11.5 Å². The lowest BCUT2D eigenvalue weighted by atomic mass is 10.2. The number of H-pyrrole nitrogens is 1. The molecule has 0 radical (unpaired) electrons. The Morgan fingerprint density at radius 1 is 1.00 bits per heavy atom. The predicted molar refractivity (Wildman–Crippen MR) is 108 cm³/mol. The van der Waals surface area contributed by atoms with E-state index in [1.165, 1.54) is 0 Å². The van der Waals surface area contributed by atoms with Crippen molar-refractivity contribution < 1.29 is 4.79 Å². The van der Waals surface area contributed by atoms with Crippen LogP contribution in [-0.2, 0) is 13.6 Å². The number of amides is 1. The fourth-order valence-electron chi connectivity index (χ4n) is 3.21. The number of benzene rings is 2. The molecule has 2 aromatic carbocycles. The molecule has 7 heteroatoms. The smallest absolute Gasteiger partial charge is 0.329 e. The number of rotatable bonds is 4. The summed E-state index contributed by atoms with van der Waals surface area (Å²) in [6.07, 6.45) is 1.55. The number of anilines is 1. The van der Waals surface area contributed by atoms with Crippen LogP contribution in [0.25, 0.3) is 11.0 Å². The van der Waals surface area contributed by atoms with Crippen molar-refractivity contribution >= 4 is 22.6 Å². The minimum atomic E-state index is -0.554. The van der Waals surface area contributed by atoms with Crippen molar-refractivity contribution in [3.05, 3.63) is 98.8 Å². The average molecular weight is 374 g/mol. The van der Waals surface area contributed by atoms with Gasteiger partial charge < -0.3 is 14.9 Å². The van der Waals surface area contributed by atoms with Gasteiger partial charge in [0.15, 0.2) is 0 Å². The maximum absolute atomic E-state index is 13.0. The van der Waals surface area contributed by atoms with E-state index >= 15 is 0 Å². The molecule has 4 rings (SSSR count). The highest BCUT2D eigenvalue weighted by atomic mass is 16.2. The molecule has 0 bridgehead atoms. The number of carbonyl (C=O) groups is 1. The zero-order valence-electron chi connectivity index (χ0n) is 15.2. The van der Waals surface area contributed by atoms with E-state index in [4.69, 9.17) is 0 Å². The van der Waals surface area contributed by atoms with Gasteiger partial charge in [-0.05, 0) is 17.7 Å². The summed E-state index contributed by atoms with van der Waals surface area (Å²) in [5, 5.41) is 2.77. The normalized spacial score (nSPS) is 10.9. The lowest BCUT2D eigenvalue weighted by molar-refractivity contribution is 0.102. The molecule has 0 aliphatic carbocycles. The largest absolute Gasteiger partial charge is 0.344 e. The van der Waals surface area contributed by atoms with Crippen LogP contribution in [0, 0.1) is 0 Å². The standard InChI is InChI=1S/C21H18N4O3/c1-24-13-16(19(26)22-15-10-6-3-7-11-15)17-18(24)20(27)25(21(28)23-17)12-14-8-4-2-5-9-14/h2-11,13H,12H2,1H3,(H,22,26)(H,23,28). The predicted octanol–water partition coefficient (Wildman–Crippen LogP) is 2.33. The van der Waals surface area contributed by atoms with Crippen molar-refractivity contribution in [3.8, 4) is 0 Å². The number of aryl methyl sites for hydroxylation is 1. The van der Waals surface area contributed by atoms with Crippen LogP contribution >= 0.6 is 0 Å². The quantitative estimate of drug-likeness (QED) is 0.575. The van der Waals surface area contributed by atoms with Gasteiger partial charge in [-0.15, -0.1) is 0 Å². The minimum absolute atomic E-state index is 0.154. The first kappa shape index (κ1) is 17.5. The van der Waals surface area contributed by atoms with Crippen LogP contribution in [0.4, 0.5) is 5.69 Å². The minimum Gasteiger partial charge on any atom is -0.344 e. The number of fused-ring (bicyclic) bond motifs is 1. The summed E-state index contributed by atoms with van der Waals surface area (Å²) < 4.78 is 2.70. The number of aromatic amines is 1. The Labute approximate surface area is 159 Å². The van der Waals surface area contributed by atoms with Gasteiger partial charge in [-0.25, -0.2) is 4.79 Å². The highest BCUT2D eigenvalue weighted by Crippen LogP contribution is 2.16. The Kier molecular flexibility index (Phi) is 4.41. The molecule has 2 aromatic heterocycles. The van der Waals surface area contributed by atoms with E-state index in [0.717, 1.165) is 10.1 Å². The van der Waals surface area contributed by atoms with Crippen LogP contribution in [0.2, 0.25) is 0 Å². The van der Waals surface area contributed by atoms with E-state index in [1.807, 2.05) is 48.5 Å². The number of nitrogens with zero attached hydrogens (tertiary/aromatic N) is 2. The molecular weight excluding hydrogens is 356 g/mol. The molecule has 0 saturated carbocycles. The Morgan fingerprint density at radius 3 is 2.32 bits per heavy atom. The maximum atomic E-state index is 13.0. The van der Waals surface area contributed by atoms with Gasteiger partial charge in [-0.2, -0.15) is 0 Å². The number of carbonyl (C=O) groups excluding carboxylic acids is 1. The van der Waals surface area contributed by atoms with Crippen LogP contribution in [0.5, 0.6) is 0 Å². The number of nitrogens with one attached hydrogen (secondary N) is 2. The Balaban J connectivity index is 1.78. The van der Waals surface area contributed by atoms with Crippen molar-refractivity contribution in [2.45, 2.75) is 6.54 Å². The molecule has 1 amide bonds. The molecule has 28 heavy (non-hydrogen) atoms. The van der Waals surface area contributed by atoms with Crippen molar-refractivity contribution in [3.63, 3.8) is 0 Å². The first-order valence-corrected chi connectivity index (χ1v) is 8.77. The van der Waals surface area contributed by atoms with Gasteiger partial charge in [0.1, 0.15) is 5.52 Å². The van der Waals surface area contributed by atoms with Gasteiger partial charge in [0.05, 0.1) is 17.6 Å². The van der Waals surface area contributed by atoms with Crippen LogP contribution in [0.15, 0.2) is 76.4 Å². The van der Waals surface area contributed by atoms with Crippen molar-refractivity contribution in [2.24, 2.45) is 7.05 Å². The van der Waals surface area contributed by atoms with Gasteiger partial charge in [0.2, 0.25) is 0 Å². The fraction of sp³-hybridized carbons (Fsp3) is 0.0952. The number of hydrogen-bond donors (Lipinski definition) is 2. The lowest BCUT2D eigenvalue weighted by Gasteiger charge is -2.06. The highest BCUT2D eigenvalue weighted by molar-refractivity contribution is 6.11. The van der Waals surface area contributed by atoms with E-state index < -0.39 is 17.2 Å². The molecule has 7 nitrogen and oxygen atoms in total. The molecule has 0 unspecified atom stereocenters. The second-order valence-electron chi connectivity index (χ2n) is 6.50. The van der Waals surface area contributed by atoms with E-state index in [-0.39, 0.29) is 23.1 Å². The second kappa shape index (κ2) is 7.03. The third-order valence-corrected chi connectivity index (χ3v) is 4.57. The molecule has 0 saturated heterocycles. The number of hydrogen-bond acceptors (Lipinski definition) is 3. The molecule has 0 aliphatic rings. The monoisotopic (exact) mass is 374 g/mol. The third-order valence-electron chi connectivity index (χ3n) is 4.57. The number of para-hydroxylation sites is 1. The van der Waals surface area contributed by atoms with E-state index in [0.29, 0.717) is 5.69 Å². The first-order valence-electron chi connectivity index (χ1n) is 8.77. The van der Waals surface area contributed by atoms with E-state index in [1.54, 1.807) is 29.9 Å². The van der Waals surface area contributed by atoms with Gasteiger partial charge in [0, 0.05) is 18.9 Å². The molecule has 2 N–H and O–H groups in total. The van der Waals surface area contributed by atoms with Crippen LogP contribution in [-0.4, -0.2) is 20.0 Å². The molecular formula is C21H18N4O3. The van der Waals surface area contributed by atoms with Gasteiger partial charge in [-0.3, -0.25) is 14.2 Å². The third kappa shape index (κ3) is 3.14. The zero-order valence-corrected chi connectivity index (χ0v) is 15.2. The Bertz CT molecular complexity index is 1270. The lowest BCUT2D eigenvalue weighted by Crippen LogP contribution is -2.36. The molecule has 0 fully saturated rings. The van der Waals surface area contributed by atoms with Crippen molar-refractivity contribution in [1.82, 2.24) is 14.1 Å². The zero-order chi connectivity index (χ0) is 19.7. The molecule has 2 heterocycles. The SMILES string of the molecule is Cn1cc(C(=O)Nc2ccccc2)c2[nH]c(=O)n(Cc3ccccc3)c(=O)c21. The molecule has 140 valence electrons.